The van der Waals surface area contributed by atoms with Crippen molar-refractivity contribution in [2.24, 2.45) is 5.92 Å². The van der Waals surface area contributed by atoms with Crippen molar-refractivity contribution in [3.05, 3.63) is 34.9 Å². The summed E-state index contributed by atoms with van der Waals surface area (Å²) in [7, 11) is -3.04. The van der Waals surface area contributed by atoms with Crippen molar-refractivity contribution in [2.45, 2.75) is 38.5 Å². The number of halogens is 1. The first-order chi connectivity index (χ1) is 10.8. The molecule has 128 valence electrons. The molecule has 1 aliphatic heterocycles. The molecule has 1 aliphatic rings. The second-order valence-electron chi connectivity index (χ2n) is 6.31. The summed E-state index contributed by atoms with van der Waals surface area (Å²) in [6.45, 7) is 4.71. The summed E-state index contributed by atoms with van der Waals surface area (Å²) >= 11 is 5.96. The Bertz CT molecular complexity index is 651. The number of hydrogen-bond acceptors (Lipinski definition) is 3. The van der Waals surface area contributed by atoms with Gasteiger partial charge in [0, 0.05) is 17.0 Å². The van der Waals surface area contributed by atoms with E-state index in [1.807, 2.05) is 24.3 Å². The molecule has 0 aromatic heterocycles. The van der Waals surface area contributed by atoms with E-state index in [0.717, 1.165) is 18.4 Å². The highest BCUT2D eigenvalue weighted by molar-refractivity contribution is 7.91. The molecule has 1 aromatic carbocycles. The van der Waals surface area contributed by atoms with Gasteiger partial charge in [0.15, 0.2) is 9.84 Å². The maximum Gasteiger partial charge on any atom is 0.224 e. The second-order valence-corrected chi connectivity index (χ2v) is 8.98. The molecule has 0 radical (unpaired) electrons. The number of nitrogens with one attached hydrogen (secondary N) is 1. The van der Waals surface area contributed by atoms with Crippen LogP contribution in [0.25, 0.3) is 0 Å². The number of amides is 1. The van der Waals surface area contributed by atoms with Gasteiger partial charge >= 0.3 is 0 Å². The molecule has 23 heavy (non-hydrogen) atoms. The maximum atomic E-state index is 12.3. The Morgan fingerprint density at radius 1 is 1.26 bits per heavy atom. The van der Waals surface area contributed by atoms with Gasteiger partial charge in [0.2, 0.25) is 5.91 Å². The van der Waals surface area contributed by atoms with Crippen molar-refractivity contribution in [2.75, 3.05) is 18.1 Å². The molecule has 0 saturated carbocycles. The van der Waals surface area contributed by atoms with Crippen LogP contribution in [0.2, 0.25) is 5.02 Å². The average molecular weight is 358 g/mol. The lowest BCUT2D eigenvalue weighted by Crippen LogP contribution is -2.42. The highest BCUT2D eigenvalue weighted by atomic mass is 35.5. The van der Waals surface area contributed by atoms with Gasteiger partial charge < -0.3 is 5.32 Å². The topological polar surface area (TPSA) is 63.2 Å². The van der Waals surface area contributed by atoms with Gasteiger partial charge in [-0.2, -0.15) is 0 Å². The van der Waals surface area contributed by atoms with E-state index in [4.69, 9.17) is 11.6 Å². The molecule has 1 saturated heterocycles. The fraction of sp³-hybridized carbons (Fsp3) is 0.588. The van der Waals surface area contributed by atoms with Gasteiger partial charge in [0.25, 0.3) is 0 Å². The monoisotopic (exact) mass is 357 g/mol. The third kappa shape index (κ3) is 4.27. The van der Waals surface area contributed by atoms with Crippen molar-refractivity contribution >= 4 is 27.3 Å². The highest BCUT2D eigenvalue weighted by Gasteiger charge is 2.35. The summed E-state index contributed by atoms with van der Waals surface area (Å²) in [5, 5.41) is 3.67. The summed E-state index contributed by atoms with van der Waals surface area (Å²) < 4.78 is 23.0. The molecule has 4 nitrogen and oxygen atoms in total. The molecule has 1 N–H and O–H groups in total. The predicted octanol–water partition coefficient (Wildman–Crippen LogP) is 2.95. The number of benzene rings is 1. The molecule has 2 rings (SSSR count). The van der Waals surface area contributed by atoms with Gasteiger partial charge in [0.1, 0.15) is 0 Å². The summed E-state index contributed by atoms with van der Waals surface area (Å²) in [6.07, 6.45) is 2.20. The zero-order valence-corrected chi connectivity index (χ0v) is 15.2. The molecule has 1 aromatic rings. The fourth-order valence-electron chi connectivity index (χ4n) is 3.22. The van der Waals surface area contributed by atoms with Crippen LogP contribution in [0.15, 0.2) is 24.3 Å². The number of sulfone groups is 1. The van der Waals surface area contributed by atoms with Crippen LogP contribution in [-0.4, -0.2) is 32.4 Å². The third-order valence-electron chi connectivity index (χ3n) is 5.01. The lowest BCUT2D eigenvalue weighted by atomic mass is 9.75. The Morgan fingerprint density at radius 2 is 1.87 bits per heavy atom. The predicted molar refractivity (Wildman–Crippen MR) is 93.5 cm³/mol. The first-order valence-electron chi connectivity index (χ1n) is 8.06. The molecule has 1 atom stereocenters. The van der Waals surface area contributed by atoms with Gasteiger partial charge in [-0.25, -0.2) is 8.42 Å². The SMILES string of the molecule is CCC(CC)(CNC(=O)C1CCS(=O)(=O)C1)c1ccc(Cl)cc1. The third-order valence-corrected chi connectivity index (χ3v) is 7.03. The van der Waals surface area contributed by atoms with E-state index in [0.29, 0.717) is 18.0 Å². The Kier molecular flexibility index (Phi) is 5.74. The minimum absolute atomic E-state index is 0.0228. The van der Waals surface area contributed by atoms with Crippen molar-refractivity contribution in [1.29, 1.82) is 0 Å². The van der Waals surface area contributed by atoms with Crippen LogP contribution < -0.4 is 5.32 Å². The van der Waals surface area contributed by atoms with E-state index in [1.165, 1.54) is 0 Å². The minimum atomic E-state index is -3.04. The Morgan fingerprint density at radius 3 is 2.35 bits per heavy atom. The lowest BCUT2D eigenvalue weighted by Gasteiger charge is -2.33. The molecule has 0 spiro atoms. The summed E-state index contributed by atoms with van der Waals surface area (Å²) in [6, 6.07) is 7.73. The molecule has 1 heterocycles. The van der Waals surface area contributed by atoms with Gasteiger partial charge in [-0.05, 0) is 37.0 Å². The van der Waals surface area contributed by atoms with Crippen molar-refractivity contribution < 1.29 is 13.2 Å². The first-order valence-corrected chi connectivity index (χ1v) is 10.3. The molecule has 6 heteroatoms. The number of carbonyl (C=O) groups is 1. The summed E-state index contributed by atoms with van der Waals surface area (Å²) in [5.74, 6) is -0.456. The van der Waals surface area contributed by atoms with Crippen LogP contribution in [0.3, 0.4) is 0 Å². The van der Waals surface area contributed by atoms with E-state index in [9.17, 15) is 13.2 Å². The van der Waals surface area contributed by atoms with Crippen molar-refractivity contribution in [3.8, 4) is 0 Å². The smallest absolute Gasteiger partial charge is 0.224 e. The molecular formula is C17H24ClNO3S. The molecular weight excluding hydrogens is 334 g/mol. The van der Waals surface area contributed by atoms with Crippen LogP contribution in [0.1, 0.15) is 38.7 Å². The lowest BCUT2D eigenvalue weighted by molar-refractivity contribution is -0.124. The molecule has 1 unspecified atom stereocenters. The van der Waals surface area contributed by atoms with Crippen LogP contribution in [0, 0.1) is 5.92 Å². The van der Waals surface area contributed by atoms with Gasteiger partial charge in [-0.3, -0.25) is 4.79 Å². The zero-order valence-electron chi connectivity index (χ0n) is 13.6. The fourth-order valence-corrected chi connectivity index (χ4v) is 5.08. The molecule has 0 bridgehead atoms. The van der Waals surface area contributed by atoms with E-state index < -0.39 is 15.8 Å². The first kappa shape index (κ1) is 18.3. The van der Waals surface area contributed by atoms with Crippen LogP contribution >= 0.6 is 11.6 Å². The normalized spacial score (nSPS) is 20.4. The van der Waals surface area contributed by atoms with E-state index in [-0.39, 0.29) is 22.8 Å². The average Bonchev–Trinajstić information content (AvgIpc) is 2.90. The molecule has 1 fully saturated rings. The highest BCUT2D eigenvalue weighted by Crippen LogP contribution is 2.32. The van der Waals surface area contributed by atoms with E-state index in [2.05, 4.69) is 19.2 Å². The Labute approximate surface area is 143 Å². The maximum absolute atomic E-state index is 12.3. The largest absolute Gasteiger partial charge is 0.355 e. The Balaban J connectivity index is 2.08. The summed E-state index contributed by atoms with van der Waals surface area (Å²) in [4.78, 5) is 12.3. The number of carbonyl (C=O) groups excluding carboxylic acids is 1. The quantitative estimate of drug-likeness (QED) is 0.851. The van der Waals surface area contributed by atoms with Gasteiger partial charge in [-0.15, -0.1) is 0 Å². The van der Waals surface area contributed by atoms with Gasteiger partial charge in [0.05, 0.1) is 17.4 Å². The Hall–Kier alpha value is -1.07. The minimum Gasteiger partial charge on any atom is -0.355 e. The van der Waals surface area contributed by atoms with Gasteiger partial charge in [-0.1, -0.05) is 37.6 Å². The van der Waals surface area contributed by atoms with Crippen LogP contribution in [-0.2, 0) is 20.0 Å². The van der Waals surface area contributed by atoms with Crippen LogP contribution in [0.5, 0.6) is 0 Å². The van der Waals surface area contributed by atoms with E-state index in [1.54, 1.807) is 0 Å². The molecule has 0 aliphatic carbocycles. The second kappa shape index (κ2) is 7.22. The number of rotatable bonds is 6. The summed E-state index contributed by atoms with van der Waals surface area (Å²) in [5.41, 5.74) is 0.990. The van der Waals surface area contributed by atoms with Crippen LogP contribution in [0.4, 0.5) is 0 Å². The number of hydrogen-bond donors (Lipinski definition) is 1. The van der Waals surface area contributed by atoms with Crippen molar-refractivity contribution in [3.63, 3.8) is 0 Å². The standard InChI is InChI=1S/C17H24ClNO3S/c1-3-17(4-2,14-5-7-15(18)8-6-14)12-19-16(20)13-9-10-23(21,22)11-13/h5-8,13H,3-4,9-12H2,1-2H3,(H,19,20). The molecule has 1 amide bonds. The van der Waals surface area contributed by atoms with Crippen molar-refractivity contribution in [1.82, 2.24) is 5.32 Å². The van der Waals surface area contributed by atoms with E-state index >= 15 is 0 Å². The zero-order chi connectivity index (χ0) is 17.1.